The number of ether oxygens (including phenoxy) is 2. The second-order valence-electron chi connectivity index (χ2n) is 6.50. The zero-order valence-electron chi connectivity index (χ0n) is 16.8. The van der Waals surface area contributed by atoms with Crippen molar-refractivity contribution in [2.45, 2.75) is 0 Å². The summed E-state index contributed by atoms with van der Waals surface area (Å²) in [5.74, 6) is 2.76. The number of amidine groups is 1. The van der Waals surface area contributed by atoms with E-state index in [1.54, 1.807) is 27.3 Å². The number of furan rings is 1. The van der Waals surface area contributed by atoms with Gasteiger partial charge >= 0.3 is 0 Å². The van der Waals surface area contributed by atoms with Crippen LogP contribution >= 0.6 is 11.8 Å². The molecule has 3 aromatic rings. The minimum atomic E-state index is -0.116. The normalized spacial score (nSPS) is 16.5. The lowest BCUT2D eigenvalue weighted by atomic mass is 10.2. The van der Waals surface area contributed by atoms with Gasteiger partial charge in [0.2, 0.25) is 0 Å². The number of carbonyl (C=O) groups excluding carboxylic acids is 1. The molecule has 0 N–H and O–H groups in total. The molecule has 30 heavy (non-hydrogen) atoms. The first-order valence-corrected chi connectivity index (χ1v) is 10.0. The van der Waals surface area contributed by atoms with E-state index in [9.17, 15) is 4.79 Å². The Morgan fingerprint density at radius 2 is 1.57 bits per heavy atom. The molecule has 7 heteroatoms. The molecule has 0 spiro atoms. The largest absolute Gasteiger partial charge is 0.497 e. The second kappa shape index (κ2) is 8.51. The molecule has 1 saturated heterocycles. The summed E-state index contributed by atoms with van der Waals surface area (Å²) in [5, 5.41) is 0.610. The van der Waals surface area contributed by atoms with E-state index in [2.05, 4.69) is 4.99 Å². The fraction of sp³-hybridized carbons (Fsp3) is 0.130. The van der Waals surface area contributed by atoms with Crippen molar-refractivity contribution in [3.63, 3.8) is 0 Å². The summed E-state index contributed by atoms with van der Waals surface area (Å²) in [5.41, 5.74) is 1.68. The number of aliphatic imine (C=N–C) groups is 1. The first-order chi connectivity index (χ1) is 14.6. The van der Waals surface area contributed by atoms with Crippen LogP contribution in [-0.2, 0) is 4.79 Å². The maximum absolute atomic E-state index is 12.6. The van der Waals surface area contributed by atoms with Crippen LogP contribution in [0.4, 0.5) is 5.69 Å². The maximum Gasteiger partial charge on any atom is 0.266 e. The predicted molar refractivity (Wildman–Crippen MR) is 119 cm³/mol. The van der Waals surface area contributed by atoms with Gasteiger partial charge in [0.25, 0.3) is 5.91 Å². The molecular formula is C23H20N2O4S. The zero-order valence-corrected chi connectivity index (χ0v) is 17.6. The Labute approximate surface area is 178 Å². The van der Waals surface area contributed by atoms with Gasteiger partial charge in [-0.3, -0.25) is 9.69 Å². The fourth-order valence-electron chi connectivity index (χ4n) is 2.89. The monoisotopic (exact) mass is 420 g/mol. The molecule has 1 fully saturated rings. The Hall–Kier alpha value is -3.45. The van der Waals surface area contributed by atoms with Crippen LogP contribution < -0.4 is 9.47 Å². The molecule has 0 radical (unpaired) electrons. The van der Waals surface area contributed by atoms with Gasteiger partial charge in [0.05, 0.1) is 24.8 Å². The average Bonchev–Trinajstić information content (AvgIpc) is 3.35. The van der Waals surface area contributed by atoms with Crippen molar-refractivity contribution in [3.8, 4) is 22.8 Å². The lowest BCUT2D eigenvalue weighted by Gasteiger charge is -2.07. The number of methoxy groups -OCH3 is 2. The minimum Gasteiger partial charge on any atom is -0.497 e. The van der Waals surface area contributed by atoms with Crippen molar-refractivity contribution in [1.29, 1.82) is 0 Å². The number of carbonyl (C=O) groups is 1. The molecule has 0 atom stereocenters. The third-order valence-corrected chi connectivity index (χ3v) is 5.64. The number of amides is 1. The first kappa shape index (κ1) is 19.8. The Morgan fingerprint density at radius 3 is 2.20 bits per heavy atom. The molecule has 4 rings (SSSR count). The highest BCUT2D eigenvalue weighted by Crippen LogP contribution is 2.34. The number of hydrogen-bond acceptors (Lipinski definition) is 6. The Bertz CT molecular complexity index is 1110. The van der Waals surface area contributed by atoms with Gasteiger partial charge in [-0.1, -0.05) is 0 Å². The topological polar surface area (TPSA) is 64.3 Å². The maximum atomic E-state index is 12.6. The van der Waals surface area contributed by atoms with E-state index in [-0.39, 0.29) is 5.91 Å². The van der Waals surface area contributed by atoms with Gasteiger partial charge in [0.1, 0.15) is 23.0 Å². The zero-order chi connectivity index (χ0) is 21.1. The van der Waals surface area contributed by atoms with Crippen LogP contribution in [-0.4, -0.2) is 37.2 Å². The van der Waals surface area contributed by atoms with E-state index in [1.807, 2.05) is 60.7 Å². The van der Waals surface area contributed by atoms with Gasteiger partial charge in [0.15, 0.2) is 5.17 Å². The van der Waals surface area contributed by atoms with Crippen LogP contribution in [0.15, 0.2) is 75.0 Å². The van der Waals surface area contributed by atoms with Crippen LogP contribution in [0.2, 0.25) is 0 Å². The molecule has 0 aliphatic carbocycles. The Morgan fingerprint density at radius 1 is 0.933 bits per heavy atom. The van der Waals surface area contributed by atoms with E-state index >= 15 is 0 Å². The van der Waals surface area contributed by atoms with Gasteiger partial charge in [-0.2, -0.15) is 0 Å². The van der Waals surface area contributed by atoms with E-state index in [1.165, 1.54) is 16.7 Å². The molecule has 1 amide bonds. The summed E-state index contributed by atoms with van der Waals surface area (Å²) in [6.45, 7) is 0. The van der Waals surface area contributed by atoms with Crippen molar-refractivity contribution < 1.29 is 18.7 Å². The van der Waals surface area contributed by atoms with E-state index in [4.69, 9.17) is 13.9 Å². The lowest BCUT2D eigenvalue weighted by Crippen LogP contribution is -2.23. The van der Waals surface area contributed by atoms with Gasteiger partial charge in [-0.15, -0.1) is 0 Å². The van der Waals surface area contributed by atoms with E-state index < -0.39 is 0 Å². The van der Waals surface area contributed by atoms with E-state index in [0.717, 1.165) is 28.5 Å². The number of thioether (sulfide) groups is 1. The molecule has 6 nitrogen and oxygen atoms in total. The standard InChI is InChI=1S/C23H20N2O4S/c1-25-22(26)21(30-23(25)24-16-6-10-18(28-3)11-7-16)14-19-12-13-20(29-19)15-4-8-17(27-2)9-5-15/h4-14H,1-3H3. The van der Waals surface area contributed by atoms with Gasteiger partial charge < -0.3 is 13.9 Å². The van der Waals surface area contributed by atoms with Crippen LogP contribution in [0.1, 0.15) is 5.76 Å². The molecule has 0 bridgehead atoms. The van der Waals surface area contributed by atoms with Crippen LogP contribution in [0.25, 0.3) is 17.4 Å². The quantitative estimate of drug-likeness (QED) is 0.531. The van der Waals surface area contributed by atoms with Crippen molar-refractivity contribution >= 4 is 34.6 Å². The smallest absolute Gasteiger partial charge is 0.266 e. The number of benzene rings is 2. The highest BCUT2D eigenvalue weighted by atomic mass is 32.2. The first-order valence-electron chi connectivity index (χ1n) is 9.22. The van der Waals surface area contributed by atoms with Crippen molar-refractivity contribution in [2.75, 3.05) is 21.3 Å². The van der Waals surface area contributed by atoms with Crippen LogP contribution in [0.5, 0.6) is 11.5 Å². The summed E-state index contributed by atoms with van der Waals surface area (Å²) >= 11 is 1.32. The van der Waals surface area contributed by atoms with Gasteiger partial charge in [0, 0.05) is 18.7 Å². The Kier molecular flexibility index (Phi) is 5.63. The van der Waals surface area contributed by atoms with Crippen LogP contribution in [0, 0.1) is 0 Å². The summed E-state index contributed by atoms with van der Waals surface area (Å²) < 4.78 is 16.3. The predicted octanol–water partition coefficient (Wildman–Crippen LogP) is 5.20. The second-order valence-corrected chi connectivity index (χ2v) is 7.51. The number of rotatable bonds is 5. The fourth-order valence-corrected chi connectivity index (χ4v) is 3.86. The number of nitrogens with zero attached hydrogens (tertiary/aromatic N) is 2. The van der Waals surface area contributed by atoms with Gasteiger partial charge in [-0.25, -0.2) is 4.99 Å². The molecule has 0 unspecified atom stereocenters. The summed E-state index contributed by atoms with van der Waals surface area (Å²) in [6, 6.07) is 18.7. The Balaban J connectivity index is 1.54. The van der Waals surface area contributed by atoms with Crippen LogP contribution in [0.3, 0.4) is 0 Å². The molecule has 152 valence electrons. The summed E-state index contributed by atoms with van der Waals surface area (Å²) in [6.07, 6.45) is 1.74. The van der Waals surface area contributed by atoms with Crippen molar-refractivity contribution in [1.82, 2.24) is 4.90 Å². The molecule has 2 aromatic carbocycles. The third-order valence-electron chi connectivity index (χ3n) is 4.58. The van der Waals surface area contributed by atoms with E-state index in [0.29, 0.717) is 15.8 Å². The lowest BCUT2D eigenvalue weighted by molar-refractivity contribution is -0.121. The van der Waals surface area contributed by atoms with Gasteiger partial charge in [-0.05, 0) is 72.4 Å². The third kappa shape index (κ3) is 4.11. The molecule has 0 saturated carbocycles. The van der Waals surface area contributed by atoms with Crippen molar-refractivity contribution in [2.24, 2.45) is 4.99 Å². The minimum absolute atomic E-state index is 0.116. The molecule has 1 aliphatic rings. The molecule has 1 aromatic heterocycles. The van der Waals surface area contributed by atoms with Crippen molar-refractivity contribution in [3.05, 3.63) is 71.3 Å². The number of likely N-dealkylation sites (N-methyl/N-ethyl adjacent to an activating group) is 1. The molecular weight excluding hydrogens is 400 g/mol. The summed E-state index contributed by atoms with van der Waals surface area (Å²) in [4.78, 5) is 19.3. The average molecular weight is 420 g/mol. The highest BCUT2D eigenvalue weighted by Gasteiger charge is 2.30. The molecule has 1 aliphatic heterocycles. The summed E-state index contributed by atoms with van der Waals surface area (Å²) in [7, 11) is 4.96. The SMILES string of the molecule is COc1ccc(N=C2SC(=Cc3ccc(-c4ccc(OC)cc4)o3)C(=O)N2C)cc1. The highest BCUT2D eigenvalue weighted by molar-refractivity contribution is 8.18. The number of hydrogen-bond donors (Lipinski definition) is 0. The molecule has 2 heterocycles.